The molecule has 0 fully saturated rings. The molecule has 1 aromatic heterocycles. The number of hydrogen-bond donors (Lipinski definition) is 2. The third-order valence-corrected chi connectivity index (χ3v) is 3.22. The van der Waals surface area contributed by atoms with Crippen molar-refractivity contribution in [1.29, 1.82) is 0 Å². The van der Waals surface area contributed by atoms with Crippen LogP contribution in [0.5, 0.6) is 0 Å². The predicted molar refractivity (Wildman–Crippen MR) is 69.8 cm³/mol. The van der Waals surface area contributed by atoms with Crippen molar-refractivity contribution >= 4 is 10.9 Å². The lowest BCUT2D eigenvalue weighted by atomic mass is 10.0. The Bertz CT molecular complexity index is 483. The molecule has 1 aromatic carbocycles. The second-order valence-electron chi connectivity index (χ2n) is 4.21. The molecule has 0 saturated heterocycles. The van der Waals surface area contributed by atoms with Gasteiger partial charge < -0.3 is 10.7 Å². The number of aryl methyl sites for hydroxylation is 2. The summed E-state index contributed by atoms with van der Waals surface area (Å²) in [6.45, 7) is 5.10. The first kappa shape index (κ1) is 11.2. The average molecular weight is 216 g/mol. The lowest BCUT2D eigenvalue weighted by molar-refractivity contribution is 0.936. The van der Waals surface area contributed by atoms with E-state index in [1.807, 2.05) is 0 Å². The van der Waals surface area contributed by atoms with Gasteiger partial charge in [0.15, 0.2) is 0 Å². The molecule has 86 valence electrons. The van der Waals surface area contributed by atoms with Crippen LogP contribution in [0.2, 0.25) is 0 Å². The molecule has 2 rings (SSSR count). The van der Waals surface area contributed by atoms with E-state index in [1.54, 1.807) is 0 Å². The molecule has 0 aliphatic rings. The molecule has 0 aliphatic heterocycles. The van der Waals surface area contributed by atoms with Gasteiger partial charge >= 0.3 is 0 Å². The fourth-order valence-corrected chi connectivity index (χ4v) is 2.30. The van der Waals surface area contributed by atoms with E-state index in [2.05, 4.69) is 37.0 Å². The smallest absolute Gasteiger partial charge is 0.0459 e. The van der Waals surface area contributed by atoms with Crippen LogP contribution in [0.15, 0.2) is 18.2 Å². The second-order valence-corrected chi connectivity index (χ2v) is 4.21. The van der Waals surface area contributed by atoms with Crippen molar-refractivity contribution < 1.29 is 0 Å². The molecule has 16 heavy (non-hydrogen) atoms. The van der Waals surface area contributed by atoms with E-state index in [0.29, 0.717) is 0 Å². The Morgan fingerprint density at radius 3 is 2.62 bits per heavy atom. The molecule has 0 bridgehead atoms. The van der Waals surface area contributed by atoms with Gasteiger partial charge in [-0.3, -0.25) is 0 Å². The van der Waals surface area contributed by atoms with Gasteiger partial charge in [0.25, 0.3) is 0 Å². The largest absolute Gasteiger partial charge is 0.358 e. The highest BCUT2D eigenvalue weighted by molar-refractivity contribution is 5.85. The standard InChI is InChI=1S/C14H20N2/c1-3-10-5-6-14-12(9-10)11(7-8-15)13(4-2)16-14/h5-6,9,16H,3-4,7-8,15H2,1-2H3. The maximum atomic E-state index is 5.69. The van der Waals surface area contributed by atoms with E-state index in [9.17, 15) is 0 Å². The molecule has 0 atom stereocenters. The summed E-state index contributed by atoms with van der Waals surface area (Å²) in [7, 11) is 0. The quantitative estimate of drug-likeness (QED) is 0.810. The molecule has 2 heteroatoms. The Labute approximate surface area is 96.9 Å². The normalized spacial score (nSPS) is 11.2. The van der Waals surface area contributed by atoms with Crippen LogP contribution in [0, 0.1) is 0 Å². The summed E-state index contributed by atoms with van der Waals surface area (Å²) >= 11 is 0. The number of aromatic amines is 1. The van der Waals surface area contributed by atoms with Crippen LogP contribution < -0.4 is 5.73 Å². The molecule has 0 spiro atoms. The van der Waals surface area contributed by atoms with Crippen molar-refractivity contribution in [3.05, 3.63) is 35.0 Å². The lowest BCUT2D eigenvalue weighted by Crippen LogP contribution is -2.04. The van der Waals surface area contributed by atoms with E-state index >= 15 is 0 Å². The Balaban J connectivity index is 2.60. The summed E-state index contributed by atoms with van der Waals surface area (Å²) in [5, 5.41) is 1.36. The van der Waals surface area contributed by atoms with Crippen molar-refractivity contribution in [2.24, 2.45) is 5.73 Å². The van der Waals surface area contributed by atoms with Gasteiger partial charge in [-0.2, -0.15) is 0 Å². The van der Waals surface area contributed by atoms with Crippen LogP contribution in [0.3, 0.4) is 0 Å². The second kappa shape index (κ2) is 4.71. The van der Waals surface area contributed by atoms with Crippen molar-refractivity contribution in [1.82, 2.24) is 4.98 Å². The zero-order valence-corrected chi connectivity index (χ0v) is 10.1. The fraction of sp³-hybridized carbons (Fsp3) is 0.429. The van der Waals surface area contributed by atoms with E-state index in [1.165, 1.54) is 27.7 Å². The molecule has 3 N–H and O–H groups in total. The van der Waals surface area contributed by atoms with Crippen LogP contribution in [0.1, 0.15) is 30.7 Å². The molecule has 0 amide bonds. The molecule has 2 aromatic rings. The highest BCUT2D eigenvalue weighted by atomic mass is 14.7. The number of H-pyrrole nitrogens is 1. The van der Waals surface area contributed by atoms with Crippen LogP contribution in [-0.2, 0) is 19.3 Å². The summed E-state index contributed by atoms with van der Waals surface area (Å²) in [5.41, 5.74) is 11.1. The van der Waals surface area contributed by atoms with Gasteiger partial charge in [-0.05, 0) is 49.1 Å². The summed E-state index contributed by atoms with van der Waals surface area (Å²) in [5.74, 6) is 0. The van der Waals surface area contributed by atoms with Crippen LogP contribution in [0.25, 0.3) is 10.9 Å². The number of nitrogens with two attached hydrogens (primary N) is 1. The number of fused-ring (bicyclic) bond motifs is 1. The maximum absolute atomic E-state index is 5.69. The van der Waals surface area contributed by atoms with E-state index in [0.717, 1.165) is 25.8 Å². The first-order valence-corrected chi connectivity index (χ1v) is 6.12. The molecular weight excluding hydrogens is 196 g/mol. The summed E-state index contributed by atoms with van der Waals surface area (Å²) < 4.78 is 0. The summed E-state index contributed by atoms with van der Waals surface area (Å²) in [4.78, 5) is 3.49. The van der Waals surface area contributed by atoms with E-state index < -0.39 is 0 Å². The van der Waals surface area contributed by atoms with E-state index in [-0.39, 0.29) is 0 Å². The molecule has 0 aliphatic carbocycles. The lowest BCUT2D eigenvalue weighted by Gasteiger charge is -2.01. The van der Waals surface area contributed by atoms with Crippen molar-refractivity contribution in [2.75, 3.05) is 6.54 Å². The van der Waals surface area contributed by atoms with Gasteiger partial charge in [-0.15, -0.1) is 0 Å². The average Bonchev–Trinajstić information content (AvgIpc) is 2.67. The maximum Gasteiger partial charge on any atom is 0.0459 e. The fourth-order valence-electron chi connectivity index (χ4n) is 2.30. The minimum atomic E-state index is 0.719. The van der Waals surface area contributed by atoms with Gasteiger partial charge in [0.1, 0.15) is 0 Å². The topological polar surface area (TPSA) is 41.8 Å². The van der Waals surface area contributed by atoms with Crippen LogP contribution in [0.4, 0.5) is 0 Å². The third kappa shape index (κ3) is 1.85. The van der Waals surface area contributed by atoms with Crippen molar-refractivity contribution in [3.63, 3.8) is 0 Å². The number of hydrogen-bond acceptors (Lipinski definition) is 1. The van der Waals surface area contributed by atoms with Gasteiger partial charge in [0.05, 0.1) is 0 Å². The highest BCUT2D eigenvalue weighted by Gasteiger charge is 2.09. The molecule has 0 unspecified atom stereocenters. The van der Waals surface area contributed by atoms with Gasteiger partial charge in [-0.25, -0.2) is 0 Å². The Morgan fingerprint density at radius 1 is 1.19 bits per heavy atom. The van der Waals surface area contributed by atoms with Gasteiger partial charge in [0.2, 0.25) is 0 Å². The van der Waals surface area contributed by atoms with Crippen molar-refractivity contribution in [2.45, 2.75) is 33.1 Å². The molecule has 1 heterocycles. The summed E-state index contributed by atoms with van der Waals surface area (Å²) in [6.07, 6.45) is 3.10. The monoisotopic (exact) mass is 216 g/mol. The third-order valence-electron chi connectivity index (χ3n) is 3.22. The zero-order valence-electron chi connectivity index (χ0n) is 10.1. The van der Waals surface area contributed by atoms with Crippen LogP contribution in [-0.4, -0.2) is 11.5 Å². The molecule has 2 nitrogen and oxygen atoms in total. The number of benzene rings is 1. The Hall–Kier alpha value is -1.28. The first-order valence-electron chi connectivity index (χ1n) is 6.12. The molecule has 0 saturated carbocycles. The van der Waals surface area contributed by atoms with Gasteiger partial charge in [-0.1, -0.05) is 19.9 Å². The minimum Gasteiger partial charge on any atom is -0.358 e. The highest BCUT2D eigenvalue weighted by Crippen LogP contribution is 2.24. The SMILES string of the molecule is CCc1ccc2[nH]c(CC)c(CCN)c2c1. The van der Waals surface area contributed by atoms with E-state index in [4.69, 9.17) is 5.73 Å². The Morgan fingerprint density at radius 2 is 2.00 bits per heavy atom. The Kier molecular flexibility index (Phi) is 3.30. The first-order chi connectivity index (χ1) is 7.80. The molecule has 0 radical (unpaired) electrons. The summed E-state index contributed by atoms with van der Waals surface area (Å²) in [6, 6.07) is 6.69. The van der Waals surface area contributed by atoms with Gasteiger partial charge in [0, 0.05) is 16.6 Å². The zero-order chi connectivity index (χ0) is 11.5. The molecular formula is C14H20N2. The number of rotatable bonds is 4. The number of nitrogens with one attached hydrogen (secondary N) is 1. The van der Waals surface area contributed by atoms with Crippen molar-refractivity contribution in [3.8, 4) is 0 Å². The predicted octanol–water partition coefficient (Wildman–Crippen LogP) is 2.79. The minimum absolute atomic E-state index is 0.719. The van der Waals surface area contributed by atoms with Crippen LogP contribution >= 0.6 is 0 Å². The number of aromatic nitrogens is 1.